The van der Waals surface area contributed by atoms with Crippen molar-refractivity contribution in [1.29, 1.82) is 0 Å². The molecule has 1 aliphatic rings. The summed E-state index contributed by atoms with van der Waals surface area (Å²) in [6.45, 7) is -0.178. The van der Waals surface area contributed by atoms with Crippen molar-refractivity contribution in [2.45, 2.75) is 23.7 Å². The summed E-state index contributed by atoms with van der Waals surface area (Å²) in [4.78, 5) is 4.76. The predicted molar refractivity (Wildman–Crippen MR) is 75.5 cm³/mol. The van der Waals surface area contributed by atoms with Crippen LogP contribution in [0.2, 0.25) is 0 Å². The number of alkyl halides is 3. The fourth-order valence-electron chi connectivity index (χ4n) is 2.01. The zero-order valence-corrected chi connectivity index (χ0v) is 12.3. The van der Waals surface area contributed by atoms with Crippen molar-refractivity contribution < 1.29 is 17.9 Å². The third-order valence-electron chi connectivity index (χ3n) is 2.95. The van der Waals surface area contributed by atoms with Crippen LogP contribution in [0.5, 0.6) is 5.75 Å². The third kappa shape index (κ3) is 2.88. The van der Waals surface area contributed by atoms with Gasteiger partial charge in [-0.3, -0.25) is 0 Å². The van der Waals surface area contributed by atoms with Gasteiger partial charge in [0.1, 0.15) is 10.8 Å². The first-order valence-electron chi connectivity index (χ1n) is 6.14. The summed E-state index contributed by atoms with van der Waals surface area (Å²) >= 11 is 2.52. The van der Waals surface area contributed by atoms with E-state index >= 15 is 0 Å². The minimum atomic E-state index is -4.48. The second kappa shape index (κ2) is 5.51. The summed E-state index contributed by atoms with van der Waals surface area (Å²) in [5.74, 6) is 1.21. The van der Waals surface area contributed by atoms with Crippen molar-refractivity contribution in [1.82, 2.24) is 4.98 Å². The SMILES string of the molecule is NCc1sc(C2CSc3ccccc3O2)nc1C(F)(F)F. The number of hydrogen-bond donors (Lipinski definition) is 1. The lowest BCUT2D eigenvalue weighted by Gasteiger charge is -2.23. The van der Waals surface area contributed by atoms with Crippen molar-refractivity contribution in [2.24, 2.45) is 5.73 Å². The summed E-state index contributed by atoms with van der Waals surface area (Å²) in [5.41, 5.74) is 4.50. The number of ether oxygens (including phenoxy) is 1. The molecule has 8 heteroatoms. The maximum absolute atomic E-state index is 12.9. The Morgan fingerprint density at radius 2 is 2.10 bits per heavy atom. The van der Waals surface area contributed by atoms with E-state index < -0.39 is 18.0 Å². The van der Waals surface area contributed by atoms with Gasteiger partial charge in [0.25, 0.3) is 0 Å². The molecule has 1 atom stereocenters. The highest BCUT2D eigenvalue weighted by Crippen LogP contribution is 2.43. The molecule has 2 heterocycles. The van der Waals surface area contributed by atoms with Crippen molar-refractivity contribution >= 4 is 23.1 Å². The Balaban J connectivity index is 1.91. The molecule has 3 rings (SSSR count). The number of fused-ring (bicyclic) bond motifs is 1. The van der Waals surface area contributed by atoms with E-state index in [1.165, 1.54) is 0 Å². The van der Waals surface area contributed by atoms with Gasteiger partial charge in [-0.1, -0.05) is 12.1 Å². The van der Waals surface area contributed by atoms with Crippen molar-refractivity contribution in [2.75, 3.05) is 5.75 Å². The minimum absolute atomic E-state index is 0.0463. The van der Waals surface area contributed by atoms with Crippen LogP contribution in [0.3, 0.4) is 0 Å². The molecule has 1 aliphatic heterocycles. The summed E-state index contributed by atoms with van der Waals surface area (Å²) < 4.78 is 44.5. The van der Waals surface area contributed by atoms with Gasteiger partial charge >= 0.3 is 6.18 Å². The van der Waals surface area contributed by atoms with Gasteiger partial charge < -0.3 is 10.5 Å². The van der Waals surface area contributed by atoms with E-state index in [1.54, 1.807) is 17.8 Å². The van der Waals surface area contributed by atoms with Crippen LogP contribution in [0.1, 0.15) is 21.7 Å². The number of halogens is 3. The molecule has 0 aliphatic carbocycles. The average molecular weight is 332 g/mol. The molecule has 0 radical (unpaired) electrons. The summed E-state index contributed by atoms with van der Waals surface area (Å²) in [5, 5.41) is 0.324. The number of hydrogen-bond acceptors (Lipinski definition) is 5. The largest absolute Gasteiger partial charge is 0.481 e. The molecule has 1 unspecified atom stereocenters. The second-order valence-electron chi connectivity index (χ2n) is 4.39. The van der Waals surface area contributed by atoms with Crippen LogP contribution in [-0.2, 0) is 12.7 Å². The molecule has 0 saturated carbocycles. The number of para-hydroxylation sites is 1. The van der Waals surface area contributed by atoms with E-state index in [2.05, 4.69) is 4.98 Å². The Morgan fingerprint density at radius 1 is 1.33 bits per heavy atom. The van der Waals surface area contributed by atoms with Gasteiger partial charge in [-0.2, -0.15) is 13.2 Å². The number of thioether (sulfide) groups is 1. The van der Waals surface area contributed by atoms with Gasteiger partial charge in [-0.05, 0) is 12.1 Å². The molecule has 2 aromatic rings. The second-order valence-corrected chi connectivity index (χ2v) is 6.57. The van der Waals surface area contributed by atoms with Crippen LogP contribution in [0, 0.1) is 0 Å². The standard InChI is InChI=1S/C13H11F3N2OS2/c14-13(15,16)11-10(5-17)21-12(18-11)8-6-20-9-4-2-1-3-7(9)19-8/h1-4,8H,5-6,17H2. The van der Waals surface area contributed by atoms with Gasteiger partial charge in [-0.25, -0.2) is 4.98 Å². The van der Waals surface area contributed by atoms with E-state index in [-0.39, 0.29) is 11.4 Å². The number of rotatable bonds is 2. The minimum Gasteiger partial charge on any atom is -0.481 e. The molecule has 0 amide bonds. The third-order valence-corrected chi connectivity index (χ3v) is 5.24. The van der Waals surface area contributed by atoms with Crippen LogP contribution in [0.15, 0.2) is 29.2 Å². The van der Waals surface area contributed by atoms with Gasteiger partial charge in [0.15, 0.2) is 11.8 Å². The lowest BCUT2D eigenvalue weighted by Crippen LogP contribution is -2.15. The van der Waals surface area contributed by atoms with E-state index in [0.29, 0.717) is 16.5 Å². The normalized spacial score (nSPS) is 18.2. The summed E-state index contributed by atoms with van der Waals surface area (Å²) in [6, 6.07) is 7.45. The van der Waals surface area contributed by atoms with Crippen LogP contribution in [0.25, 0.3) is 0 Å². The highest BCUT2D eigenvalue weighted by atomic mass is 32.2. The zero-order valence-electron chi connectivity index (χ0n) is 10.7. The lowest BCUT2D eigenvalue weighted by molar-refractivity contribution is -0.141. The van der Waals surface area contributed by atoms with E-state index in [0.717, 1.165) is 16.2 Å². The predicted octanol–water partition coefficient (Wildman–Crippen LogP) is 3.85. The van der Waals surface area contributed by atoms with Gasteiger partial charge in [0.05, 0.1) is 4.88 Å². The Bertz CT molecular complexity index is 657. The molecule has 3 nitrogen and oxygen atoms in total. The first kappa shape index (κ1) is 14.7. The fourth-order valence-corrected chi connectivity index (χ4v) is 4.10. The maximum atomic E-state index is 12.9. The smallest absolute Gasteiger partial charge is 0.434 e. The highest BCUT2D eigenvalue weighted by molar-refractivity contribution is 7.99. The average Bonchev–Trinajstić information content (AvgIpc) is 2.91. The van der Waals surface area contributed by atoms with Crippen LogP contribution >= 0.6 is 23.1 Å². The van der Waals surface area contributed by atoms with E-state index in [4.69, 9.17) is 10.5 Å². The number of nitrogens with two attached hydrogens (primary N) is 1. The number of nitrogens with zero attached hydrogens (tertiary/aromatic N) is 1. The number of thiazole rings is 1. The number of aromatic nitrogens is 1. The number of benzene rings is 1. The molecule has 0 spiro atoms. The maximum Gasteiger partial charge on any atom is 0.434 e. The van der Waals surface area contributed by atoms with Crippen LogP contribution < -0.4 is 10.5 Å². The van der Waals surface area contributed by atoms with E-state index in [9.17, 15) is 13.2 Å². The van der Waals surface area contributed by atoms with Crippen molar-refractivity contribution in [3.05, 3.63) is 39.8 Å². The monoisotopic (exact) mass is 332 g/mol. The molecule has 0 bridgehead atoms. The Morgan fingerprint density at radius 3 is 2.76 bits per heavy atom. The lowest BCUT2D eigenvalue weighted by atomic mass is 10.3. The molecule has 0 fully saturated rings. The Labute approximate surface area is 127 Å². The first-order chi connectivity index (χ1) is 9.99. The van der Waals surface area contributed by atoms with Crippen molar-refractivity contribution in [3.8, 4) is 5.75 Å². The quantitative estimate of drug-likeness (QED) is 0.907. The summed E-state index contributed by atoms with van der Waals surface area (Å²) in [6.07, 6.45) is -4.96. The van der Waals surface area contributed by atoms with Gasteiger partial charge in [0, 0.05) is 17.2 Å². The van der Waals surface area contributed by atoms with E-state index in [1.807, 2.05) is 18.2 Å². The van der Waals surface area contributed by atoms with Gasteiger partial charge in [-0.15, -0.1) is 23.1 Å². The van der Waals surface area contributed by atoms with Crippen molar-refractivity contribution in [3.63, 3.8) is 0 Å². The molecule has 1 aromatic heterocycles. The Kier molecular flexibility index (Phi) is 3.85. The molecule has 21 heavy (non-hydrogen) atoms. The molecule has 0 saturated heterocycles. The highest BCUT2D eigenvalue weighted by Gasteiger charge is 2.38. The fraction of sp³-hybridized carbons (Fsp3) is 0.308. The zero-order chi connectivity index (χ0) is 15.0. The first-order valence-corrected chi connectivity index (χ1v) is 7.94. The molecular formula is C13H11F3N2OS2. The topological polar surface area (TPSA) is 48.1 Å². The van der Waals surface area contributed by atoms with Gasteiger partial charge in [0.2, 0.25) is 0 Å². The molecular weight excluding hydrogens is 321 g/mol. The molecule has 2 N–H and O–H groups in total. The molecule has 112 valence electrons. The summed E-state index contributed by atoms with van der Waals surface area (Å²) in [7, 11) is 0. The van der Waals surface area contributed by atoms with Crippen LogP contribution in [0.4, 0.5) is 13.2 Å². The Hall–Kier alpha value is -1.25. The van der Waals surface area contributed by atoms with Crippen LogP contribution in [-0.4, -0.2) is 10.7 Å². The molecule has 1 aromatic carbocycles.